The Morgan fingerprint density at radius 3 is 3.06 bits per heavy atom. The molecule has 0 fully saturated rings. The number of benzene rings is 1. The molecule has 0 saturated carbocycles. The van der Waals surface area contributed by atoms with E-state index in [1.54, 1.807) is 6.07 Å². The maximum atomic E-state index is 9.39. The van der Waals surface area contributed by atoms with Crippen molar-refractivity contribution in [3.8, 4) is 5.75 Å². The van der Waals surface area contributed by atoms with Gasteiger partial charge in [0.2, 0.25) is 0 Å². The number of aromatic hydroxyl groups is 1. The standard InChI is InChI=1S/C13H14ClN3O/c14-11-7-10(1-2-12(11)18)8-16-5-6-17-4-3-15-13(17)9-16/h1-4,7,18H,5-6,8-9H2. The largest absolute Gasteiger partial charge is 0.506 e. The van der Waals surface area contributed by atoms with Gasteiger partial charge in [-0.1, -0.05) is 17.7 Å². The first-order valence-electron chi connectivity index (χ1n) is 5.92. The molecular weight excluding hydrogens is 250 g/mol. The topological polar surface area (TPSA) is 41.3 Å². The third-order valence-corrected chi connectivity index (χ3v) is 3.54. The van der Waals surface area contributed by atoms with Crippen molar-refractivity contribution >= 4 is 11.6 Å². The van der Waals surface area contributed by atoms with Gasteiger partial charge >= 0.3 is 0 Å². The fourth-order valence-corrected chi connectivity index (χ4v) is 2.47. The van der Waals surface area contributed by atoms with Crippen molar-refractivity contribution < 1.29 is 5.11 Å². The molecule has 1 aromatic carbocycles. The molecule has 18 heavy (non-hydrogen) atoms. The number of hydrogen-bond acceptors (Lipinski definition) is 3. The molecule has 2 heterocycles. The summed E-state index contributed by atoms with van der Waals surface area (Å²) < 4.78 is 2.18. The molecule has 94 valence electrons. The monoisotopic (exact) mass is 263 g/mol. The van der Waals surface area contributed by atoms with Crippen molar-refractivity contribution in [3.63, 3.8) is 0 Å². The lowest BCUT2D eigenvalue weighted by atomic mass is 10.2. The number of aromatic nitrogens is 2. The number of phenolic OH excluding ortho intramolecular Hbond substituents is 1. The van der Waals surface area contributed by atoms with E-state index in [-0.39, 0.29) is 5.75 Å². The summed E-state index contributed by atoms with van der Waals surface area (Å²) in [6.45, 7) is 3.65. The van der Waals surface area contributed by atoms with Crippen molar-refractivity contribution in [2.45, 2.75) is 19.6 Å². The third kappa shape index (κ3) is 2.21. The number of hydrogen-bond donors (Lipinski definition) is 1. The van der Waals surface area contributed by atoms with E-state index < -0.39 is 0 Å². The minimum Gasteiger partial charge on any atom is -0.506 e. The molecule has 5 heteroatoms. The molecule has 0 atom stereocenters. The molecule has 4 nitrogen and oxygen atoms in total. The molecule has 0 radical (unpaired) electrons. The lowest BCUT2D eigenvalue weighted by Gasteiger charge is -2.27. The highest BCUT2D eigenvalue weighted by molar-refractivity contribution is 6.32. The smallest absolute Gasteiger partial charge is 0.134 e. The van der Waals surface area contributed by atoms with Crippen LogP contribution in [0.1, 0.15) is 11.4 Å². The number of nitrogens with zero attached hydrogens (tertiary/aromatic N) is 3. The van der Waals surface area contributed by atoms with E-state index in [0.29, 0.717) is 5.02 Å². The van der Waals surface area contributed by atoms with Gasteiger partial charge in [0.25, 0.3) is 0 Å². The van der Waals surface area contributed by atoms with Crippen LogP contribution >= 0.6 is 11.6 Å². The first kappa shape index (κ1) is 11.6. The zero-order chi connectivity index (χ0) is 12.5. The number of imidazole rings is 1. The minimum absolute atomic E-state index is 0.134. The van der Waals surface area contributed by atoms with Crippen LogP contribution in [0.15, 0.2) is 30.6 Å². The van der Waals surface area contributed by atoms with Gasteiger partial charge in [-0.15, -0.1) is 0 Å². The van der Waals surface area contributed by atoms with Gasteiger partial charge in [0.1, 0.15) is 11.6 Å². The van der Waals surface area contributed by atoms with E-state index in [2.05, 4.69) is 14.5 Å². The quantitative estimate of drug-likeness (QED) is 0.904. The Morgan fingerprint density at radius 2 is 2.22 bits per heavy atom. The van der Waals surface area contributed by atoms with E-state index in [1.165, 1.54) is 0 Å². The second-order valence-corrected chi connectivity index (χ2v) is 4.94. The fraction of sp³-hybridized carbons (Fsp3) is 0.308. The number of rotatable bonds is 2. The summed E-state index contributed by atoms with van der Waals surface area (Å²) in [6, 6.07) is 5.36. The Labute approximate surface area is 110 Å². The molecule has 0 unspecified atom stereocenters. The summed E-state index contributed by atoms with van der Waals surface area (Å²) in [4.78, 5) is 6.66. The second kappa shape index (κ2) is 4.63. The average molecular weight is 264 g/mol. The molecule has 1 N–H and O–H groups in total. The number of phenols is 1. The maximum Gasteiger partial charge on any atom is 0.134 e. The zero-order valence-corrected chi connectivity index (χ0v) is 10.6. The molecule has 2 aromatic rings. The van der Waals surface area contributed by atoms with Crippen molar-refractivity contribution in [1.29, 1.82) is 0 Å². The molecule has 0 spiro atoms. The molecule has 1 aliphatic rings. The Bertz CT molecular complexity index is 567. The highest BCUT2D eigenvalue weighted by Crippen LogP contribution is 2.24. The summed E-state index contributed by atoms with van der Waals surface area (Å²) in [6.07, 6.45) is 3.86. The summed E-state index contributed by atoms with van der Waals surface area (Å²) in [5.41, 5.74) is 1.11. The van der Waals surface area contributed by atoms with Crippen molar-refractivity contribution in [2.24, 2.45) is 0 Å². The van der Waals surface area contributed by atoms with Crippen LogP contribution in [0.3, 0.4) is 0 Å². The van der Waals surface area contributed by atoms with Crippen LogP contribution in [-0.2, 0) is 19.6 Å². The van der Waals surface area contributed by atoms with Crippen LogP contribution in [-0.4, -0.2) is 26.1 Å². The third-order valence-electron chi connectivity index (χ3n) is 3.24. The molecule has 0 aliphatic carbocycles. The van der Waals surface area contributed by atoms with Crippen LogP contribution in [0.25, 0.3) is 0 Å². The molecule has 3 rings (SSSR count). The summed E-state index contributed by atoms with van der Waals surface area (Å²) in [5, 5.41) is 9.80. The minimum atomic E-state index is 0.134. The van der Waals surface area contributed by atoms with Crippen LogP contribution in [0, 0.1) is 0 Å². The van der Waals surface area contributed by atoms with Gasteiger partial charge in [0.05, 0.1) is 11.6 Å². The van der Waals surface area contributed by atoms with Gasteiger partial charge in [0, 0.05) is 32.0 Å². The van der Waals surface area contributed by atoms with E-state index in [1.807, 2.05) is 24.5 Å². The zero-order valence-electron chi connectivity index (χ0n) is 9.88. The SMILES string of the molecule is Oc1ccc(CN2CCn3ccnc3C2)cc1Cl. The molecule has 1 aromatic heterocycles. The van der Waals surface area contributed by atoms with Crippen molar-refractivity contribution in [3.05, 3.63) is 47.0 Å². The molecule has 1 aliphatic heterocycles. The van der Waals surface area contributed by atoms with Gasteiger partial charge in [-0.3, -0.25) is 4.90 Å². The summed E-state index contributed by atoms with van der Waals surface area (Å²) in [7, 11) is 0. The average Bonchev–Trinajstić information content (AvgIpc) is 2.81. The van der Waals surface area contributed by atoms with Crippen molar-refractivity contribution in [2.75, 3.05) is 6.54 Å². The van der Waals surface area contributed by atoms with E-state index >= 15 is 0 Å². The Morgan fingerprint density at radius 1 is 1.33 bits per heavy atom. The Kier molecular flexibility index (Phi) is 2.97. The van der Waals surface area contributed by atoms with Gasteiger partial charge in [-0.05, 0) is 17.7 Å². The summed E-state index contributed by atoms with van der Waals surface area (Å²) in [5.74, 6) is 1.24. The lowest BCUT2D eigenvalue weighted by Crippen LogP contribution is -2.33. The van der Waals surface area contributed by atoms with Crippen LogP contribution in [0.2, 0.25) is 5.02 Å². The Balaban J connectivity index is 1.72. The van der Waals surface area contributed by atoms with E-state index in [4.69, 9.17) is 11.6 Å². The van der Waals surface area contributed by atoms with Gasteiger partial charge in [0.15, 0.2) is 0 Å². The predicted molar refractivity (Wildman–Crippen MR) is 69.5 cm³/mol. The predicted octanol–water partition coefficient (Wildman–Crippen LogP) is 2.26. The second-order valence-electron chi connectivity index (χ2n) is 4.53. The molecule has 0 amide bonds. The summed E-state index contributed by atoms with van der Waals surface area (Å²) >= 11 is 5.91. The maximum absolute atomic E-state index is 9.39. The lowest BCUT2D eigenvalue weighted by molar-refractivity contribution is 0.209. The van der Waals surface area contributed by atoms with E-state index in [0.717, 1.165) is 37.6 Å². The van der Waals surface area contributed by atoms with Crippen LogP contribution < -0.4 is 0 Å². The Hall–Kier alpha value is -1.52. The molecule has 0 saturated heterocycles. The van der Waals surface area contributed by atoms with Gasteiger partial charge in [-0.2, -0.15) is 0 Å². The first-order valence-corrected chi connectivity index (χ1v) is 6.30. The van der Waals surface area contributed by atoms with Crippen molar-refractivity contribution in [1.82, 2.24) is 14.5 Å². The highest BCUT2D eigenvalue weighted by Gasteiger charge is 2.16. The normalized spacial score (nSPS) is 15.6. The van der Waals surface area contributed by atoms with Gasteiger partial charge in [-0.25, -0.2) is 4.98 Å². The van der Waals surface area contributed by atoms with Crippen LogP contribution in [0.4, 0.5) is 0 Å². The van der Waals surface area contributed by atoms with Crippen LogP contribution in [0.5, 0.6) is 5.75 Å². The number of fused-ring (bicyclic) bond motifs is 1. The number of halogens is 1. The molecule has 0 bridgehead atoms. The molecular formula is C13H14ClN3O. The fourth-order valence-electron chi connectivity index (χ4n) is 2.27. The highest BCUT2D eigenvalue weighted by atomic mass is 35.5. The van der Waals surface area contributed by atoms with Gasteiger partial charge < -0.3 is 9.67 Å². The van der Waals surface area contributed by atoms with E-state index in [9.17, 15) is 5.11 Å². The first-order chi connectivity index (χ1) is 8.72.